The summed E-state index contributed by atoms with van der Waals surface area (Å²) in [6, 6.07) is 24.3. The number of Topliss-reactive ketones (excluding diaryl/α,β-unsaturated/α-hetero) is 2. The summed E-state index contributed by atoms with van der Waals surface area (Å²) in [6.45, 7) is 8.46. The van der Waals surface area contributed by atoms with Crippen LogP contribution in [0.15, 0.2) is 97.1 Å². The smallest absolute Gasteiger partial charge is 0.346 e. The number of carboxylic acid groups (broad SMARTS) is 2. The van der Waals surface area contributed by atoms with Gasteiger partial charge in [-0.25, -0.2) is 28.4 Å². The summed E-state index contributed by atoms with van der Waals surface area (Å²) in [5.41, 5.74) is 8.19. The third-order valence-corrected chi connectivity index (χ3v) is 11.4. The summed E-state index contributed by atoms with van der Waals surface area (Å²) in [6.07, 6.45) is -3.35. The molecule has 0 aliphatic rings. The number of aliphatic hydroxyl groups excluding tert-OH is 1. The van der Waals surface area contributed by atoms with Crippen molar-refractivity contribution >= 4 is 81.3 Å². The average molecular weight is 1130 g/mol. The van der Waals surface area contributed by atoms with Crippen molar-refractivity contribution < 1.29 is 67.2 Å². The monoisotopic (exact) mass is 1120 g/mol. The van der Waals surface area contributed by atoms with Crippen LogP contribution < -0.4 is 10.9 Å². The number of rotatable bonds is 21. The number of esters is 1. The van der Waals surface area contributed by atoms with Gasteiger partial charge < -0.3 is 20.1 Å². The van der Waals surface area contributed by atoms with E-state index in [2.05, 4.69) is 31.2 Å². The molecule has 4 aromatic carbocycles. The van der Waals surface area contributed by atoms with Gasteiger partial charge in [0, 0.05) is 54.0 Å². The quantitative estimate of drug-likeness (QED) is 0.0156. The van der Waals surface area contributed by atoms with Gasteiger partial charge in [-0.2, -0.15) is 10.2 Å². The van der Waals surface area contributed by atoms with Crippen molar-refractivity contribution in [2.24, 2.45) is 11.8 Å². The molecule has 408 valence electrons. The van der Waals surface area contributed by atoms with Crippen LogP contribution in [0.5, 0.6) is 0 Å². The van der Waals surface area contributed by atoms with Crippen LogP contribution in [-0.2, 0) is 37.0 Å². The van der Waals surface area contributed by atoms with E-state index >= 15 is 0 Å². The molecule has 0 aliphatic carbocycles. The molecule has 6 aromatic rings. The van der Waals surface area contributed by atoms with Crippen molar-refractivity contribution in [1.82, 2.24) is 41.3 Å². The maximum absolute atomic E-state index is 14.3. The van der Waals surface area contributed by atoms with Gasteiger partial charge in [-0.3, -0.25) is 49.8 Å². The SMILES string of the molecule is CC(=O)c1cc(C(=O)NN(Cc2ccc(-c3cc(Cl)ccc3F)cc2)C[C@@H](O)C(=O)O)[nH]n1.CC(=O)c1cc(C(=O)NN(Cc2ccc(-c3cc(Cl)ccc3F)cc2)C[C@@H](OC(=O)C(C)C)C(=O)O)[nH]n1.CC(C)C(=O)Cl. The van der Waals surface area contributed by atoms with Gasteiger partial charge in [0.2, 0.25) is 11.3 Å². The van der Waals surface area contributed by atoms with Gasteiger partial charge >= 0.3 is 17.9 Å². The van der Waals surface area contributed by atoms with Crippen molar-refractivity contribution in [3.05, 3.63) is 153 Å². The molecule has 0 saturated carbocycles. The fraction of sp³-hybridized carbons (Fsp3) is 0.269. The largest absolute Gasteiger partial charge is 0.479 e. The van der Waals surface area contributed by atoms with Gasteiger partial charge in [0.05, 0.1) is 19.0 Å². The van der Waals surface area contributed by atoms with E-state index in [1.165, 1.54) is 72.4 Å². The number of aromatic amines is 2. The second-order valence-electron chi connectivity index (χ2n) is 17.5. The number of hydrogen-bond acceptors (Lipinski definition) is 14. The first-order chi connectivity index (χ1) is 36.2. The van der Waals surface area contributed by atoms with Crippen molar-refractivity contribution in [2.45, 2.75) is 66.8 Å². The van der Waals surface area contributed by atoms with Crippen LogP contribution in [0.4, 0.5) is 8.78 Å². The molecule has 0 saturated heterocycles. The maximum atomic E-state index is 14.3. The zero-order valence-corrected chi connectivity index (χ0v) is 44.3. The Hall–Kier alpha value is -7.73. The number of halogens is 5. The number of nitrogens with zero attached hydrogens (tertiary/aromatic N) is 4. The molecule has 2 heterocycles. The Balaban J connectivity index is 0.000000303. The van der Waals surface area contributed by atoms with E-state index in [1.807, 2.05) is 0 Å². The second-order valence-corrected chi connectivity index (χ2v) is 18.7. The number of H-pyrrole nitrogens is 2. The lowest BCUT2D eigenvalue weighted by Crippen LogP contribution is -2.48. The lowest BCUT2D eigenvalue weighted by molar-refractivity contribution is -0.168. The fourth-order valence-electron chi connectivity index (χ4n) is 6.33. The highest BCUT2D eigenvalue weighted by Crippen LogP contribution is 2.28. The molecule has 20 nitrogen and oxygen atoms in total. The third kappa shape index (κ3) is 19.4. The van der Waals surface area contributed by atoms with Crippen molar-refractivity contribution in [3.63, 3.8) is 0 Å². The molecule has 25 heteroatoms. The van der Waals surface area contributed by atoms with E-state index in [-0.39, 0.29) is 58.6 Å². The zero-order valence-electron chi connectivity index (χ0n) is 42.1. The lowest BCUT2D eigenvalue weighted by Gasteiger charge is -2.26. The van der Waals surface area contributed by atoms with Crippen LogP contribution in [0.3, 0.4) is 0 Å². The minimum Gasteiger partial charge on any atom is -0.479 e. The van der Waals surface area contributed by atoms with Crippen LogP contribution >= 0.6 is 34.8 Å². The first-order valence-electron chi connectivity index (χ1n) is 23.1. The molecule has 0 unspecified atom stereocenters. The summed E-state index contributed by atoms with van der Waals surface area (Å²) in [5, 5.41) is 43.8. The van der Waals surface area contributed by atoms with Crippen LogP contribution in [-0.4, -0.2) is 118 Å². The van der Waals surface area contributed by atoms with Gasteiger partial charge in [0.1, 0.15) is 34.4 Å². The summed E-state index contributed by atoms with van der Waals surface area (Å²) < 4.78 is 33.5. The summed E-state index contributed by atoms with van der Waals surface area (Å²) in [4.78, 5) is 93.1. The van der Waals surface area contributed by atoms with Gasteiger partial charge in [-0.1, -0.05) is 99.4 Å². The molecule has 0 aliphatic heterocycles. The minimum absolute atomic E-state index is 0.000754. The van der Waals surface area contributed by atoms with Gasteiger partial charge in [-0.05, 0) is 82.4 Å². The number of aliphatic carboxylic acids is 2. The maximum Gasteiger partial charge on any atom is 0.346 e. The molecule has 6 rings (SSSR count). The minimum atomic E-state index is -1.76. The highest BCUT2D eigenvalue weighted by Gasteiger charge is 2.28. The second kappa shape index (κ2) is 29.0. The van der Waals surface area contributed by atoms with Gasteiger partial charge in [-0.15, -0.1) is 0 Å². The van der Waals surface area contributed by atoms with Crippen LogP contribution in [0.25, 0.3) is 22.3 Å². The Morgan fingerprint density at radius 3 is 1.32 bits per heavy atom. The summed E-state index contributed by atoms with van der Waals surface area (Å²) in [7, 11) is 0. The Kier molecular flexibility index (Phi) is 23.3. The van der Waals surface area contributed by atoms with E-state index < -0.39 is 72.6 Å². The Labute approximate surface area is 454 Å². The number of hydrogen-bond donors (Lipinski definition) is 7. The number of hydrazine groups is 2. The lowest BCUT2D eigenvalue weighted by atomic mass is 10.0. The Morgan fingerprint density at radius 1 is 0.610 bits per heavy atom. The third-order valence-electron chi connectivity index (χ3n) is 10.5. The average Bonchev–Trinajstić information content (AvgIpc) is 4.09. The number of amides is 2. The predicted molar refractivity (Wildman–Crippen MR) is 278 cm³/mol. The number of benzene rings is 4. The van der Waals surface area contributed by atoms with E-state index in [9.17, 15) is 57.4 Å². The summed E-state index contributed by atoms with van der Waals surface area (Å²) >= 11 is 16.9. The van der Waals surface area contributed by atoms with E-state index in [0.717, 1.165) is 0 Å². The Morgan fingerprint density at radius 2 is 1.00 bits per heavy atom. The van der Waals surface area contributed by atoms with Crippen molar-refractivity contribution in [3.8, 4) is 22.3 Å². The normalized spacial score (nSPS) is 11.7. The number of carbonyl (C=O) groups is 8. The fourth-order valence-corrected chi connectivity index (χ4v) is 6.67. The number of nitrogens with one attached hydrogen (secondary N) is 4. The predicted octanol–water partition coefficient (Wildman–Crippen LogP) is 7.94. The van der Waals surface area contributed by atoms with Crippen LogP contribution in [0, 0.1) is 23.5 Å². The molecule has 0 radical (unpaired) electrons. The standard InChI is InChI=1S/C26H26ClFN4O6.C22H20ClFN4O5.C4H7ClO/c1-14(2)26(37)38-23(25(35)36)13-32(31-24(34)22-11-21(15(3)33)29-30-22)12-16-4-6-17(7-5-16)19-10-18(27)8-9-20(19)28;1-12(29)18-9-19(26-25-18)21(31)27-28(11-20(30)22(32)33)10-13-2-4-14(5-3-13)16-8-15(23)6-7-17(16)24;1-3(2)4(5)6/h4-11,14,23H,12-13H2,1-3H3,(H,29,30)(H,31,34)(H,35,36);2-9,20,30H,10-11H2,1H3,(H,25,26)(H,27,31)(H,32,33);3H,1-2H3/t23-;20-;/m11./s1. The molecule has 0 bridgehead atoms. The molecule has 2 atom stereocenters. The highest BCUT2D eigenvalue weighted by molar-refractivity contribution is 6.63. The zero-order chi connectivity index (χ0) is 57.3. The molecule has 0 fully saturated rings. The molecular weight excluding hydrogens is 1070 g/mol. The number of ether oxygens (including phenoxy) is 1. The number of ketones is 2. The molecule has 77 heavy (non-hydrogen) atoms. The number of carbonyl (C=O) groups excluding carboxylic acids is 6. The topological polar surface area (TPSA) is 294 Å². The van der Waals surface area contributed by atoms with E-state index in [1.54, 1.807) is 76.2 Å². The molecular formula is C52H53Cl3F2N8O12. The molecule has 2 aromatic heterocycles. The Bertz CT molecular complexity index is 3080. The summed E-state index contributed by atoms with van der Waals surface area (Å²) in [5.74, 6) is -7.08. The van der Waals surface area contributed by atoms with Crippen molar-refractivity contribution in [1.29, 1.82) is 0 Å². The number of carboxylic acids is 2. The number of aromatic nitrogens is 4. The molecule has 0 spiro atoms. The number of aliphatic hydroxyl groups is 1. The van der Waals surface area contributed by atoms with Gasteiger partial charge in [0.15, 0.2) is 17.7 Å². The van der Waals surface area contributed by atoms with Crippen molar-refractivity contribution in [2.75, 3.05) is 13.1 Å². The molecule has 2 amide bonds. The van der Waals surface area contributed by atoms with E-state index in [4.69, 9.17) is 44.6 Å². The van der Waals surface area contributed by atoms with Crippen LogP contribution in [0.1, 0.15) is 94.6 Å². The first kappa shape index (κ1) is 61.8. The molecule has 7 N–H and O–H groups in total. The first-order valence-corrected chi connectivity index (χ1v) is 24.2. The van der Waals surface area contributed by atoms with E-state index in [0.29, 0.717) is 43.4 Å². The van der Waals surface area contributed by atoms with Gasteiger partial charge in [0.25, 0.3) is 11.8 Å². The highest BCUT2D eigenvalue weighted by atomic mass is 35.5. The van der Waals surface area contributed by atoms with Crippen LogP contribution in [0.2, 0.25) is 10.0 Å².